The van der Waals surface area contributed by atoms with Crippen LogP contribution >= 0.6 is 0 Å². The summed E-state index contributed by atoms with van der Waals surface area (Å²) in [6, 6.07) is -0.483. The van der Waals surface area contributed by atoms with Gasteiger partial charge in [-0.1, -0.05) is 0 Å². The number of aromatic nitrogens is 4. The average Bonchev–Trinajstić information content (AvgIpc) is 2.85. The Hall–Kier alpha value is -1.97. The van der Waals surface area contributed by atoms with Gasteiger partial charge in [0.2, 0.25) is 11.9 Å². The van der Waals surface area contributed by atoms with E-state index in [-0.39, 0.29) is 30.0 Å². The van der Waals surface area contributed by atoms with Gasteiger partial charge in [-0.25, -0.2) is 4.98 Å². The number of nitrogens with two attached hydrogens (primary N) is 4. The normalized spacial score (nSPS) is 28.0. The Bertz CT molecular complexity index is 591. The van der Waals surface area contributed by atoms with Gasteiger partial charge in [-0.15, -0.1) is 0 Å². The van der Waals surface area contributed by atoms with Crippen LogP contribution in [0.15, 0.2) is 6.33 Å². The van der Waals surface area contributed by atoms with E-state index in [1.807, 2.05) is 0 Å². The summed E-state index contributed by atoms with van der Waals surface area (Å²) >= 11 is 0. The molecule has 9 N–H and O–H groups in total. The van der Waals surface area contributed by atoms with Gasteiger partial charge in [0, 0.05) is 18.6 Å². The summed E-state index contributed by atoms with van der Waals surface area (Å²) in [6.07, 6.45) is 1.55. The number of hydrogen-bond acceptors (Lipinski definition) is 8. The van der Waals surface area contributed by atoms with Crippen LogP contribution in [0.2, 0.25) is 0 Å². The third kappa shape index (κ3) is 1.49. The maximum Gasteiger partial charge on any atom is 0.225 e. The summed E-state index contributed by atoms with van der Waals surface area (Å²) in [6.45, 7) is 0.640. The fraction of sp³-hybridized carbons (Fsp3) is 0.444. The first-order chi connectivity index (χ1) is 8.58. The summed E-state index contributed by atoms with van der Waals surface area (Å²) in [7, 11) is 0. The lowest BCUT2D eigenvalue weighted by atomic mass is 10.1. The number of nitrogens with zero attached hydrogens (tertiary/aromatic N) is 4. The van der Waals surface area contributed by atoms with Crippen molar-refractivity contribution >= 4 is 17.5 Å². The standard InChI is InChI=1S/C9H15N9/c10-3-1-14-5(4(3)11)6-7-16-8(12)17-9(13)18(7)2-15-6/h2-5,14H,1,10-11H2,(H4,12,13,16,17)/t3-,4+,5-/m0/s1. The van der Waals surface area contributed by atoms with E-state index < -0.39 is 0 Å². The zero-order valence-electron chi connectivity index (χ0n) is 9.61. The van der Waals surface area contributed by atoms with E-state index in [1.165, 1.54) is 0 Å². The highest BCUT2D eigenvalue weighted by Crippen LogP contribution is 2.24. The van der Waals surface area contributed by atoms with Crippen molar-refractivity contribution < 1.29 is 0 Å². The molecular formula is C9H15N9. The van der Waals surface area contributed by atoms with Gasteiger partial charge in [-0.2, -0.15) is 9.97 Å². The molecule has 1 saturated heterocycles. The Morgan fingerprint density at radius 2 is 2.06 bits per heavy atom. The Kier molecular flexibility index (Phi) is 2.33. The van der Waals surface area contributed by atoms with Crippen LogP contribution in [0.25, 0.3) is 5.65 Å². The molecule has 1 aliphatic heterocycles. The van der Waals surface area contributed by atoms with Gasteiger partial charge in [0.25, 0.3) is 0 Å². The van der Waals surface area contributed by atoms with Crippen molar-refractivity contribution in [2.24, 2.45) is 11.5 Å². The molecule has 0 aromatic carbocycles. The van der Waals surface area contributed by atoms with Crippen LogP contribution in [0.4, 0.5) is 11.9 Å². The zero-order valence-corrected chi connectivity index (χ0v) is 9.61. The highest BCUT2D eigenvalue weighted by Gasteiger charge is 2.34. The molecular weight excluding hydrogens is 234 g/mol. The lowest BCUT2D eigenvalue weighted by molar-refractivity contribution is 0.536. The summed E-state index contributed by atoms with van der Waals surface area (Å²) in [5.74, 6) is 0.352. The van der Waals surface area contributed by atoms with Gasteiger partial charge in [-0.3, -0.25) is 4.40 Å². The van der Waals surface area contributed by atoms with Crippen molar-refractivity contribution in [3.8, 4) is 0 Å². The third-order valence-electron chi connectivity index (χ3n) is 3.21. The molecule has 0 radical (unpaired) electrons. The minimum atomic E-state index is -0.221. The summed E-state index contributed by atoms with van der Waals surface area (Å²) in [5, 5.41) is 3.22. The molecule has 3 atom stereocenters. The second-order valence-corrected chi connectivity index (χ2v) is 4.39. The Balaban J connectivity index is 2.13. The van der Waals surface area contributed by atoms with Gasteiger partial charge < -0.3 is 28.3 Å². The highest BCUT2D eigenvalue weighted by atomic mass is 15.2. The molecule has 0 unspecified atom stereocenters. The number of rotatable bonds is 1. The summed E-state index contributed by atoms with van der Waals surface area (Å²) in [5.41, 5.74) is 24.5. The first-order valence-electron chi connectivity index (χ1n) is 5.58. The second-order valence-electron chi connectivity index (χ2n) is 4.39. The van der Waals surface area contributed by atoms with Crippen LogP contribution in [0.1, 0.15) is 11.7 Å². The second kappa shape index (κ2) is 3.77. The Morgan fingerprint density at radius 1 is 1.28 bits per heavy atom. The van der Waals surface area contributed by atoms with Crippen LogP contribution in [0.5, 0.6) is 0 Å². The van der Waals surface area contributed by atoms with Crippen molar-refractivity contribution in [2.45, 2.75) is 18.1 Å². The highest BCUT2D eigenvalue weighted by molar-refractivity contribution is 5.53. The molecule has 9 heteroatoms. The molecule has 0 saturated carbocycles. The molecule has 18 heavy (non-hydrogen) atoms. The van der Waals surface area contributed by atoms with E-state index in [1.54, 1.807) is 10.7 Å². The number of nitrogen functional groups attached to an aromatic ring is 2. The number of nitrogens with one attached hydrogen (secondary N) is 1. The van der Waals surface area contributed by atoms with E-state index in [2.05, 4.69) is 20.3 Å². The Labute approximate surface area is 103 Å². The lowest BCUT2D eigenvalue weighted by Gasteiger charge is -2.15. The topological polar surface area (TPSA) is 159 Å². The first-order valence-corrected chi connectivity index (χ1v) is 5.58. The van der Waals surface area contributed by atoms with Crippen molar-refractivity contribution in [1.82, 2.24) is 24.7 Å². The molecule has 3 rings (SSSR count). The number of anilines is 2. The van der Waals surface area contributed by atoms with Crippen molar-refractivity contribution in [1.29, 1.82) is 0 Å². The van der Waals surface area contributed by atoms with E-state index in [9.17, 15) is 0 Å². The zero-order chi connectivity index (χ0) is 12.9. The fourth-order valence-corrected chi connectivity index (χ4v) is 2.22. The molecule has 2 aromatic heterocycles. The van der Waals surface area contributed by atoms with Gasteiger partial charge in [-0.05, 0) is 0 Å². The van der Waals surface area contributed by atoms with Crippen molar-refractivity contribution in [3.05, 3.63) is 12.0 Å². The van der Waals surface area contributed by atoms with Gasteiger partial charge >= 0.3 is 0 Å². The molecule has 0 spiro atoms. The minimum absolute atomic E-state index is 0.108. The number of fused-ring (bicyclic) bond motifs is 1. The molecule has 3 heterocycles. The van der Waals surface area contributed by atoms with Crippen LogP contribution < -0.4 is 28.3 Å². The van der Waals surface area contributed by atoms with E-state index in [0.717, 1.165) is 0 Å². The molecule has 1 aliphatic rings. The van der Waals surface area contributed by atoms with E-state index >= 15 is 0 Å². The molecule has 1 fully saturated rings. The number of hydrogen-bond donors (Lipinski definition) is 5. The Morgan fingerprint density at radius 3 is 2.72 bits per heavy atom. The number of imidazole rings is 1. The minimum Gasteiger partial charge on any atom is -0.369 e. The van der Waals surface area contributed by atoms with E-state index in [0.29, 0.717) is 17.9 Å². The monoisotopic (exact) mass is 249 g/mol. The molecule has 0 amide bonds. The smallest absolute Gasteiger partial charge is 0.225 e. The van der Waals surface area contributed by atoms with Crippen molar-refractivity contribution in [3.63, 3.8) is 0 Å². The fourth-order valence-electron chi connectivity index (χ4n) is 2.22. The molecule has 9 nitrogen and oxygen atoms in total. The van der Waals surface area contributed by atoms with Crippen molar-refractivity contribution in [2.75, 3.05) is 18.0 Å². The summed E-state index contributed by atoms with van der Waals surface area (Å²) < 4.78 is 1.57. The van der Waals surface area contributed by atoms with Crippen LogP contribution in [-0.2, 0) is 0 Å². The van der Waals surface area contributed by atoms with Crippen LogP contribution in [0.3, 0.4) is 0 Å². The van der Waals surface area contributed by atoms with E-state index in [4.69, 9.17) is 22.9 Å². The SMILES string of the molecule is Nc1nc(N)n2cnc([C@H]3NC[C@H](N)[C@H]3N)c2n1. The maximum atomic E-state index is 6.04. The molecule has 0 aliphatic carbocycles. The van der Waals surface area contributed by atoms with Crippen LogP contribution in [0, 0.1) is 0 Å². The maximum absolute atomic E-state index is 6.04. The quantitative estimate of drug-likeness (QED) is 0.373. The molecule has 0 bridgehead atoms. The lowest BCUT2D eigenvalue weighted by Crippen LogP contribution is -2.41. The van der Waals surface area contributed by atoms with Gasteiger partial charge in [0.05, 0.1) is 6.04 Å². The first kappa shape index (κ1) is 11.1. The van der Waals surface area contributed by atoms with Gasteiger partial charge in [0.1, 0.15) is 12.0 Å². The molecule has 2 aromatic rings. The van der Waals surface area contributed by atoms with Crippen LogP contribution in [-0.4, -0.2) is 38.0 Å². The predicted molar refractivity (Wildman–Crippen MR) is 66.3 cm³/mol. The third-order valence-corrected chi connectivity index (χ3v) is 3.21. The molecule has 96 valence electrons. The van der Waals surface area contributed by atoms with Gasteiger partial charge in [0.15, 0.2) is 5.65 Å². The largest absolute Gasteiger partial charge is 0.369 e. The average molecular weight is 249 g/mol. The summed E-state index contributed by atoms with van der Waals surface area (Å²) in [4.78, 5) is 12.3. The predicted octanol–water partition coefficient (Wildman–Crippen LogP) is -2.41.